The highest BCUT2D eigenvalue weighted by Crippen LogP contribution is 2.53. The Bertz CT molecular complexity index is 794. The molecule has 0 radical (unpaired) electrons. The van der Waals surface area contributed by atoms with Crippen molar-refractivity contribution in [2.24, 2.45) is 28.1 Å². The topological polar surface area (TPSA) is 0 Å². The second kappa shape index (κ2) is 22.0. The fourth-order valence-corrected chi connectivity index (χ4v) is 11.1. The third-order valence-electron chi connectivity index (χ3n) is 13.4. The van der Waals surface area contributed by atoms with Crippen molar-refractivity contribution in [3.8, 4) is 0 Å². The summed E-state index contributed by atoms with van der Waals surface area (Å²) in [5.74, 6) is 2.98. The van der Waals surface area contributed by atoms with Crippen LogP contribution < -0.4 is 0 Å². The molecule has 0 heterocycles. The van der Waals surface area contributed by atoms with Crippen LogP contribution in [0.25, 0.3) is 0 Å². The zero-order valence-corrected chi connectivity index (χ0v) is 33.2. The lowest BCUT2D eigenvalue weighted by Gasteiger charge is -2.47. The zero-order valence-electron chi connectivity index (χ0n) is 33.2. The maximum atomic E-state index is 2.39. The Morgan fingerprint density at radius 1 is 0.435 bits per heavy atom. The molecule has 0 N–H and O–H groups in total. The highest BCUT2D eigenvalue weighted by molar-refractivity contribution is 5.26. The van der Waals surface area contributed by atoms with Crippen LogP contribution in [0.4, 0.5) is 0 Å². The van der Waals surface area contributed by atoms with E-state index in [1.807, 2.05) is 13.8 Å². The SMILES string of the molecule is CC.CCCC1(CCC)CCC(C2CCC(CCC)(CCC)CC2)CC1.CCCC1(CCC)CCC(c2ccc(CC)cc2)CC1. The first-order valence-electron chi connectivity index (χ1n) is 21.4. The molecule has 1 aromatic carbocycles. The van der Waals surface area contributed by atoms with Crippen molar-refractivity contribution in [3.05, 3.63) is 35.4 Å². The maximum Gasteiger partial charge on any atom is -0.0162 e. The van der Waals surface area contributed by atoms with Crippen molar-refractivity contribution in [1.29, 1.82) is 0 Å². The fourth-order valence-electron chi connectivity index (χ4n) is 11.1. The van der Waals surface area contributed by atoms with Crippen LogP contribution in [0.15, 0.2) is 24.3 Å². The Hall–Kier alpha value is -0.780. The first-order valence-corrected chi connectivity index (χ1v) is 21.4. The number of rotatable bonds is 15. The second-order valence-electron chi connectivity index (χ2n) is 16.5. The van der Waals surface area contributed by atoms with Crippen molar-refractivity contribution in [2.75, 3.05) is 0 Å². The van der Waals surface area contributed by atoms with Gasteiger partial charge in [-0.05, 0) is 167 Å². The van der Waals surface area contributed by atoms with E-state index in [0.717, 1.165) is 35.0 Å². The minimum atomic E-state index is 0.684. The van der Waals surface area contributed by atoms with Gasteiger partial charge in [0.15, 0.2) is 0 Å². The van der Waals surface area contributed by atoms with Crippen LogP contribution in [0, 0.1) is 28.1 Å². The van der Waals surface area contributed by atoms with E-state index < -0.39 is 0 Å². The molecule has 3 fully saturated rings. The molecule has 0 saturated heterocycles. The maximum absolute atomic E-state index is 2.39. The summed E-state index contributed by atoms with van der Waals surface area (Å²) in [6.45, 7) is 20.5. The smallest absolute Gasteiger partial charge is 0.0162 e. The van der Waals surface area contributed by atoms with E-state index in [-0.39, 0.29) is 0 Å². The number of hydrogen-bond acceptors (Lipinski definition) is 0. The van der Waals surface area contributed by atoms with E-state index in [1.165, 1.54) is 108 Å². The summed E-state index contributed by atoms with van der Waals surface area (Å²) in [5, 5.41) is 0. The van der Waals surface area contributed by atoms with Gasteiger partial charge in [-0.15, -0.1) is 0 Å². The van der Waals surface area contributed by atoms with Crippen molar-refractivity contribution < 1.29 is 0 Å². The molecule has 0 aromatic heterocycles. The fraction of sp³-hybridized carbons (Fsp3) is 0.870. The van der Waals surface area contributed by atoms with Crippen molar-refractivity contribution >= 4 is 0 Å². The molecule has 0 unspecified atom stereocenters. The minimum Gasteiger partial charge on any atom is -0.0683 e. The van der Waals surface area contributed by atoms with Gasteiger partial charge in [0, 0.05) is 0 Å². The molecule has 4 rings (SSSR count). The molecule has 0 spiro atoms. The van der Waals surface area contributed by atoms with Crippen molar-refractivity contribution in [3.63, 3.8) is 0 Å². The molecule has 0 bridgehead atoms. The largest absolute Gasteiger partial charge is 0.0683 e. The Balaban J connectivity index is 0.000000308. The number of aryl methyl sites for hydroxylation is 1. The molecule has 3 aliphatic carbocycles. The van der Waals surface area contributed by atoms with E-state index in [0.29, 0.717) is 5.41 Å². The van der Waals surface area contributed by atoms with Crippen LogP contribution in [0.3, 0.4) is 0 Å². The van der Waals surface area contributed by atoms with Gasteiger partial charge in [-0.2, -0.15) is 0 Å². The summed E-state index contributed by atoms with van der Waals surface area (Å²) in [4.78, 5) is 0. The molecule has 0 atom stereocenters. The van der Waals surface area contributed by atoms with Crippen LogP contribution in [-0.4, -0.2) is 0 Å². The quantitative estimate of drug-likeness (QED) is 0.180. The molecule has 1 aromatic rings. The average molecular weight is 637 g/mol. The summed E-state index contributed by atoms with van der Waals surface area (Å²) in [6, 6.07) is 9.43. The van der Waals surface area contributed by atoms with E-state index in [4.69, 9.17) is 0 Å². The highest BCUT2D eigenvalue weighted by Gasteiger charge is 2.40. The molecule has 46 heavy (non-hydrogen) atoms. The van der Waals surface area contributed by atoms with E-state index >= 15 is 0 Å². The Labute approximate surface area is 291 Å². The normalized spacial score (nSPS) is 21.5. The number of hydrogen-bond donors (Lipinski definition) is 0. The Morgan fingerprint density at radius 2 is 0.717 bits per heavy atom. The van der Waals surface area contributed by atoms with Crippen molar-refractivity contribution in [2.45, 2.75) is 229 Å². The predicted octanol–water partition coefficient (Wildman–Crippen LogP) is 16.1. The van der Waals surface area contributed by atoms with Gasteiger partial charge in [-0.25, -0.2) is 0 Å². The number of benzene rings is 1. The average Bonchev–Trinajstić information content (AvgIpc) is 3.08. The van der Waals surface area contributed by atoms with E-state index in [2.05, 4.69) is 72.7 Å². The molecular weight excluding hydrogens is 553 g/mol. The summed E-state index contributed by atoms with van der Waals surface area (Å²) in [5.41, 5.74) is 5.22. The molecule has 0 amide bonds. The zero-order chi connectivity index (χ0) is 33.9. The summed E-state index contributed by atoms with van der Waals surface area (Å²) in [6.07, 6.45) is 36.4. The van der Waals surface area contributed by atoms with Gasteiger partial charge in [0.1, 0.15) is 0 Å². The summed E-state index contributed by atoms with van der Waals surface area (Å²) in [7, 11) is 0. The molecular formula is C46H84. The monoisotopic (exact) mass is 637 g/mol. The Kier molecular flexibility index (Phi) is 19.8. The third-order valence-corrected chi connectivity index (χ3v) is 13.4. The van der Waals surface area contributed by atoms with Gasteiger partial charge in [-0.1, -0.05) is 125 Å². The van der Waals surface area contributed by atoms with Crippen LogP contribution >= 0.6 is 0 Å². The minimum absolute atomic E-state index is 0.684. The highest BCUT2D eigenvalue weighted by atomic mass is 14.5. The molecule has 0 aliphatic heterocycles. The predicted molar refractivity (Wildman–Crippen MR) is 209 cm³/mol. The molecule has 0 nitrogen and oxygen atoms in total. The standard InChI is InChI=1S/C24H46.C20H32.C2H6/c1-5-13-23(14-6-2)17-9-21(10-18-23)22-11-19-24(15-7-3,16-8-4)20-12-22;1-4-13-20(14-5-2)15-11-19(12-16-20)18-9-7-17(6-3)8-10-18;1-2/h21-22H,5-20H2,1-4H3;7-10,19H,4-6,11-16H2,1-3H3;1-2H3. The summed E-state index contributed by atoms with van der Waals surface area (Å²) < 4.78 is 0. The van der Waals surface area contributed by atoms with Gasteiger partial charge >= 0.3 is 0 Å². The van der Waals surface area contributed by atoms with E-state index in [9.17, 15) is 0 Å². The lowest BCUT2D eigenvalue weighted by atomic mass is 9.59. The summed E-state index contributed by atoms with van der Waals surface area (Å²) >= 11 is 0. The lowest BCUT2D eigenvalue weighted by Crippen LogP contribution is -2.34. The van der Waals surface area contributed by atoms with Gasteiger partial charge in [-0.3, -0.25) is 0 Å². The molecule has 3 saturated carbocycles. The van der Waals surface area contributed by atoms with Crippen LogP contribution in [0.2, 0.25) is 0 Å². The lowest BCUT2D eigenvalue weighted by molar-refractivity contribution is 0.0502. The van der Waals surface area contributed by atoms with Gasteiger partial charge in [0.05, 0.1) is 0 Å². The van der Waals surface area contributed by atoms with Gasteiger partial charge in [0.2, 0.25) is 0 Å². The Morgan fingerprint density at radius 3 is 0.978 bits per heavy atom. The van der Waals surface area contributed by atoms with E-state index in [1.54, 1.807) is 56.9 Å². The molecule has 3 aliphatic rings. The first-order chi connectivity index (χ1) is 22.3. The first kappa shape index (κ1) is 41.4. The second-order valence-corrected chi connectivity index (χ2v) is 16.5. The van der Waals surface area contributed by atoms with Crippen molar-refractivity contribution in [1.82, 2.24) is 0 Å². The molecule has 0 heteroatoms. The van der Waals surface area contributed by atoms with Crippen LogP contribution in [0.1, 0.15) is 233 Å². The van der Waals surface area contributed by atoms with Gasteiger partial charge in [0.25, 0.3) is 0 Å². The molecule has 268 valence electrons. The van der Waals surface area contributed by atoms with Crippen LogP contribution in [0.5, 0.6) is 0 Å². The third kappa shape index (κ3) is 12.3. The van der Waals surface area contributed by atoms with Gasteiger partial charge < -0.3 is 0 Å². The van der Waals surface area contributed by atoms with Crippen LogP contribution in [-0.2, 0) is 6.42 Å².